The summed E-state index contributed by atoms with van der Waals surface area (Å²) in [6, 6.07) is 5.76. The summed E-state index contributed by atoms with van der Waals surface area (Å²) in [5.41, 5.74) is 1.41. The molecule has 2 aromatic rings. The molecule has 0 radical (unpaired) electrons. The average Bonchev–Trinajstić information content (AvgIpc) is 2.69. The van der Waals surface area contributed by atoms with Crippen LogP contribution in [0.2, 0.25) is 0 Å². The predicted molar refractivity (Wildman–Crippen MR) is 50.4 cm³/mol. The van der Waals surface area contributed by atoms with Crippen LogP contribution in [-0.2, 0) is 10.1 Å². The molecule has 15 heavy (non-hydrogen) atoms. The lowest BCUT2D eigenvalue weighted by Gasteiger charge is -1.96. The number of nitrogens with one attached hydrogen (secondary N) is 2. The predicted octanol–water partition coefficient (Wildman–Crippen LogP) is 0.137. The Hall–Kier alpha value is -1.73. The van der Waals surface area contributed by atoms with Crippen molar-refractivity contribution in [2.75, 3.05) is 0 Å². The maximum absolute atomic E-state index is 10.8. The van der Waals surface area contributed by atoms with E-state index in [0.717, 1.165) is 5.56 Å². The fraction of sp³-hybridized carbons (Fsp3) is 0. The molecular weight excluding hydrogens is 218 g/mol. The Labute approximate surface area is 85.7 Å². The van der Waals surface area contributed by atoms with Crippen LogP contribution in [0.1, 0.15) is 0 Å². The topological polar surface area (TPSA) is 97.2 Å². The first kappa shape index (κ1) is 9.81. The van der Waals surface area contributed by atoms with Crippen molar-refractivity contribution in [1.29, 1.82) is 0 Å². The highest BCUT2D eigenvalue weighted by Gasteiger charge is 2.11. The van der Waals surface area contributed by atoms with E-state index in [9.17, 15) is 8.42 Å². The van der Waals surface area contributed by atoms with Crippen molar-refractivity contribution < 1.29 is 18.1 Å². The van der Waals surface area contributed by atoms with Crippen LogP contribution in [0, 0.1) is 0 Å². The maximum atomic E-state index is 10.8. The monoisotopic (exact) mass is 226 g/mol. The lowest BCUT2D eigenvalue weighted by molar-refractivity contribution is -0.454. The Morgan fingerprint density at radius 2 is 1.93 bits per heavy atom. The van der Waals surface area contributed by atoms with Crippen molar-refractivity contribution in [3.8, 4) is 11.3 Å². The summed E-state index contributed by atoms with van der Waals surface area (Å²) in [5.74, 6) is 0. The van der Waals surface area contributed by atoms with Crippen LogP contribution >= 0.6 is 0 Å². The number of rotatable bonds is 2. The summed E-state index contributed by atoms with van der Waals surface area (Å²) in [6.07, 6.45) is 1.64. The Bertz CT molecular complexity index is 545. The van der Waals surface area contributed by atoms with Crippen molar-refractivity contribution in [3.63, 3.8) is 0 Å². The zero-order chi connectivity index (χ0) is 10.9. The number of benzene rings is 1. The number of hydrogen-bond acceptors (Lipinski definition) is 3. The SMILES string of the molecule is O=S(=O)(O)c1ccc(-c2c[nH+][nH]n2)cc1. The van der Waals surface area contributed by atoms with E-state index < -0.39 is 10.1 Å². The normalized spacial score (nSPS) is 11.5. The highest BCUT2D eigenvalue weighted by molar-refractivity contribution is 7.85. The van der Waals surface area contributed by atoms with Crippen molar-refractivity contribution in [2.24, 2.45) is 0 Å². The summed E-state index contributed by atoms with van der Waals surface area (Å²) in [6.45, 7) is 0. The van der Waals surface area contributed by atoms with Gasteiger partial charge in [-0.15, -0.1) is 0 Å². The van der Waals surface area contributed by atoms with Crippen LogP contribution in [0.25, 0.3) is 11.3 Å². The number of aromatic nitrogens is 3. The summed E-state index contributed by atoms with van der Waals surface area (Å²) in [7, 11) is -4.12. The Kier molecular flexibility index (Phi) is 2.25. The summed E-state index contributed by atoms with van der Waals surface area (Å²) in [5, 5.41) is 9.09. The van der Waals surface area contributed by atoms with E-state index in [1.807, 2.05) is 0 Å². The van der Waals surface area contributed by atoms with Crippen molar-refractivity contribution in [1.82, 2.24) is 10.3 Å². The molecule has 1 aromatic heterocycles. The van der Waals surface area contributed by atoms with E-state index >= 15 is 0 Å². The largest absolute Gasteiger partial charge is 0.294 e. The Morgan fingerprint density at radius 1 is 1.27 bits per heavy atom. The maximum Gasteiger partial charge on any atom is 0.294 e. The smallest absolute Gasteiger partial charge is 0.282 e. The highest BCUT2D eigenvalue weighted by Crippen LogP contribution is 2.17. The van der Waals surface area contributed by atoms with Gasteiger partial charge in [0.2, 0.25) is 5.69 Å². The number of hydrogen-bond donors (Lipinski definition) is 2. The third-order valence-electron chi connectivity index (χ3n) is 1.90. The second-order valence-corrected chi connectivity index (χ2v) is 4.32. The van der Waals surface area contributed by atoms with Gasteiger partial charge in [-0.3, -0.25) is 4.55 Å². The molecule has 0 unspecified atom stereocenters. The molecule has 1 aromatic carbocycles. The van der Waals surface area contributed by atoms with E-state index in [1.165, 1.54) is 12.1 Å². The van der Waals surface area contributed by atoms with Gasteiger partial charge in [-0.05, 0) is 24.3 Å². The van der Waals surface area contributed by atoms with E-state index in [2.05, 4.69) is 15.4 Å². The molecule has 0 aliphatic carbocycles. The fourth-order valence-electron chi connectivity index (χ4n) is 1.17. The zero-order valence-corrected chi connectivity index (χ0v) is 8.32. The van der Waals surface area contributed by atoms with Crippen LogP contribution in [0.4, 0.5) is 0 Å². The average molecular weight is 226 g/mol. The summed E-state index contributed by atoms with van der Waals surface area (Å²) >= 11 is 0. The zero-order valence-electron chi connectivity index (χ0n) is 7.51. The minimum absolute atomic E-state index is 0.134. The molecule has 78 valence electrons. The molecule has 0 saturated heterocycles. The second kappa shape index (κ2) is 3.44. The molecule has 0 fully saturated rings. The van der Waals surface area contributed by atoms with Crippen LogP contribution < -0.4 is 5.10 Å². The van der Waals surface area contributed by atoms with Crippen LogP contribution in [-0.4, -0.2) is 23.3 Å². The lowest BCUT2D eigenvalue weighted by Crippen LogP contribution is -1.97. The molecule has 2 rings (SSSR count). The van der Waals surface area contributed by atoms with Gasteiger partial charge in [0.15, 0.2) is 6.20 Å². The first-order chi connectivity index (χ1) is 7.07. The molecule has 7 heteroatoms. The summed E-state index contributed by atoms with van der Waals surface area (Å²) in [4.78, 5) is -0.134. The molecule has 0 amide bonds. The molecule has 0 aliphatic rings. The van der Waals surface area contributed by atoms with Gasteiger partial charge in [0.05, 0.1) is 4.90 Å². The second-order valence-electron chi connectivity index (χ2n) is 2.90. The minimum atomic E-state index is -4.12. The van der Waals surface area contributed by atoms with E-state index in [0.29, 0.717) is 5.69 Å². The third-order valence-corrected chi connectivity index (χ3v) is 2.77. The van der Waals surface area contributed by atoms with E-state index in [4.69, 9.17) is 4.55 Å². The van der Waals surface area contributed by atoms with Gasteiger partial charge in [0.1, 0.15) is 0 Å². The van der Waals surface area contributed by atoms with Gasteiger partial charge in [0, 0.05) is 10.7 Å². The molecule has 0 aliphatic heterocycles. The van der Waals surface area contributed by atoms with Crippen molar-refractivity contribution in [2.45, 2.75) is 4.90 Å². The van der Waals surface area contributed by atoms with Crippen molar-refractivity contribution in [3.05, 3.63) is 30.5 Å². The van der Waals surface area contributed by atoms with Gasteiger partial charge in [-0.25, -0.2) is 0 Å². The van der Waals surface area contributed by atoms with Crippen molar-refractivity contribution >= 4 is 10.1 Å². The Balaban J connectivity index is 2.42. The third kappa shape index (κ3) is 2.03. The molecule has 0 saturated carbocycles. The molecule has 3 N–H and O–H groups in total. The Morgan fingerprint density at radius 3 is 2.40 bits per heavy atom. The van der Waals surface area contributed by atoms with E-state index in [-0.39, 0.29) is 4.90 Å². The molecular formula is C8H8N3O3S+. The molecule has 0 atom stereocenters. The molecule has 6 nitrogen and oxygen atoms in total. The van der Waals surface area contributed by atoms with Crippen LogP contribution in [0.5, 0.6) is 0 Å². The van der Waals surface area contributed by atoms with E-state index in [1.54, 1.807) is 18.3 Å². The number of nitrogens with zero attached hydrogens (tertiary/aromatic N) is 1. The van der Waals surface area contributed by atoms with Crippen LogP contribution in [0.15, 0.2) is 35.4 Å². The van der Waals surface area contributed by atoms with Gasteiger partial charge in [-0.1, -0.05) is 5.21 Å². The molecule has 0 spiro atoms. The first-order valence-electron chi connectivity index (χ1n) is 4.07. The number of H-pyrrole nitrogens is 2. The lowest BCUT2D eigenvalue weighted by atomic mass is 10.2. The minimum Gasteiger partial charge on any atom is -0.282 e. The van der Waals surface area contributed by atoms with Gasteiger partial charge < -0.3 is 0 Å². The van der Waals surface area contributed by atoms with Gasteiger partial charge in [0.25, 0.3) is 10.1 Å². The highest BCUT2D eigenvalue weighted by atomic mass is 32.2. The first-order valence-corrected chi connectivity index (χ1v) is 5.51. The summed E-state index contributed by atoms with van der Waals surface area (Å²) < 4.78 is 30.3. The van der Waals surface area contributed by atoms with Gasteiger partial charge in [-0.2, -0.15) is 13.5 Å². The standard InChI is InChI=1S/C8H7N3O3S/c12-15(13,14)7-3-1-6(2-4-7)8-5-9-11-10-8/h1-5H,(H,9,10,11)(H,12,13,14)/p+1. The molecule has 1 heterocycles. The number of aromatic amines is 2. The van der Waals surface area contributed by atoms with Gasteiger partial charge >= 0.3 is 0 Å². The van der Waals surface area contributed by atoms with Crippen LogP contribution in [0.3, 0.4) is 0 Å². The molecule has 0 bridgehead atoms. The fourth-order valence-corrected chi connectivity index (χ4v) is 1.65. The quantitative estimate of drug-likeness (QED) is 0.711.